The molecule has 2 aliphatic heterocycles. The van der Waals surface area contributed by atoms with Crippen LogP contribution >= 0.6 is 0 Å². The number of aromatic nitrogens is 1. The predicted molar refractivity (Wildman–Crippen MR) is 168 cm³/mol. The summed E-state index contributed by atoms with van der Waals surface area (Å²) in [4.78, 5) is 43.6. The molecule has 0 radical (unpaired) electrons. The summed E-state index contributed by atoms with van der Waals surface area (Å²) in [6.45, 7) is -0.207. The molecule has 1 N–H and O–H groups in total. The quantitative estimate of drug-likeness (QED) is 0.229. The molecule has 10 heteroatoms. The van der Waals surface area contributed by atoms with Crippen molar-refractivity contribution in [3.8, 4) is 5.75 Å². The van der Waals surface area contributed by atoms with E-state index in [1.807, 2.05) is 91.0 Å². The molecule has 3 heterocycles. The van der Waals surface area contributed by atoms with Crippen LogP contribution < -0.4 is 15.5 Å². The summed E-state index contributed by atoms with van der Waals surface area (Å²) in [5, 5.41) is 2.54. The number of rotatable bonds is 8. The van der Waals surface area contributed by atoms with E-state index in [1.54, 1.807) is 4.90 Å². The van der Waals surface area contributed by atoms with Crippen LogP contribution in [0.2, 0.25) is 0 Å². The minimum atomic E-state index is -0.829. The Bertz CT molecular complexity index is 2000. The first-order valence-corrected chi connectivity index (χ1v) is 15.1. The summed E-state index contributed by atoms with van der Waals surface area (Å²) in [7, 11) is 0. The van der Waals surface area contributed by atoms with Gasteiger partial charge in [0.1, 0.15) is 29.9 Å². The topological polar surface area (TPSA) is 89.9 Å². The molecule has 0 bridgehead atoms. The third-order valence-electron chi connectivity index (χ3n) is 8.42. The van der Waals surface area contributed by atoms with Crippen LogP contribution in [-0.2, 0) is 24.4 Å². The van der Waals surface area contributed by atoms with E-state index in [0.717, 1.165) is 28.8 Å². The smallest absolute Gasteiger partial charge is 0.277 e. The maximum atomic E-state index is 14.5. The number of hydrogen-bond acceptors (Lipinski definition) is 5. The Morgan fingerprint density at radius 3 is 2.21 bits per heavy atom. The third-order valence-corrected chi connectivity index (χ3v) is 8.42. The zero-order valence-corrected chi connectivity index (χ0v) is 25.0. The number of pyridine rings is 1. The molecule has 236 valence electrons. The molecule has 3 atom stereocenters. The molecule has 8 nitrogen and oxygen atoms in total. The molecule has 4 aromatic carbocycles. The van der Waals surface area contributed by atoms with Crippen molar-refractivity contribution in [3.63, 3.8) is 0 Å². The van der Waals surface area contributed by atoms with Gasteiger partial charge in [0.25, 0.3) is 11.8 Å². The van der Waals surface area contributed by atoms with Crippen LogP contribution in [-0.4, -0.2) is 27.5 Å². The number of carbonyl (C=O) groups is 2. The molecule has 0 aliphatic carbocycles. The molecule has 7 rings (SSSR count). The molecule has 1 aromatic heterocycles. The van der Waals surface area contributed by atoms with Gasteiger partial charge in [0.05, 0.1) is 12.6 Å². The van der Waals surface area contributed by atoms with Crippen LogP contribution in [0.4, 0.5) is 8.78 Å². The van der Waals surface area contributed by atoms with Gasteiger partial charge in [-0.1, -0.05) is 97.1 Å². The Balaban J connectivity index is 1.29. The Morgan fingerprint density at radius 1 is 0.872 bits per heavy atom. The van der Waals surface area contributed by atoms with E-state index in [2.05, 4.69) is 5.32 Å². The second-order valence-corrected chi connectivity index (χ2v) is 11.4. The molecule has 47 heavy (non-hydrogen) atoms. The lowest BCUT2D eigenvalue weighted by molar-refractivity contribution is -0.0155. The first-order valence-electron chi connectivity index (χ1n) is 15.1. The van der Waals surface area contributed by atoms with Crippen molar-refractivity contribution in [2.45, 2.75) is 38.1 Å². The Labute approximate surface area is 268 Å². The van der Waals surface area contributed by atoms with Crippen molar-refractivity contribution in [1.29, 1.82) is 0 Å². The van der Waals surface area contributed by atoms with Gasteiger partial charge < -0.3 is 19.4 Å². The van der Waals surface area contributed by atoms with Gasteiger partial charge in [0.15, 0.2) is 17.7 Å². The number of nitrogens with one attached hydrogen (secondary N) is 1. The number of amides is 2. The van der Waals surface area contributed by atoms with E-state index in [-0.39, 0.29) is 42.3 Å². The fraction of sp³-hybridized carbons (Fsp3) is 0.162. The minimum absolute atomic E-state index is 0.00144. The molecule has 2 amide bonds. The lowest BCUT2D eigenvalue weighted by Gasteiger charge is -2.35. The molecular weight excluding hydrogens is 604 g/mol. The molecular formula is C37H29F2N3O5. The largest absolute Gasteiger partial charge is 0.483 e. The number of nitrogens with zero attached hydrogens (tertiary/aromatic N) is 2. The van der Waals surface area contributed by atoms with E-state index in [9.17, 15) is 23.2 Å². The highest BCUT2D eigenvalue weighted by molar-refractivity contribution is 5.99. The van der Waals surface area contributed by atoms with Crippen LogP contribution in [0, 0.1) is 11.6 Å². The number of halogens is 2. The fourth-order valence-corrected chi connectivity index (χ4v) is 6.17. The van der Waals surface area contributed by atoms with Crippen LogP contribution in [0.5, 0.6) is 5.75 Å². The van der Waals surface area contributed by atoms with E-state index in [1.165, 1.54) is 16.8 Å². The average Bonchev–Trinajstić information content (AvgIpc) is 3.48. The van der Waals surface area contributed by atoms with Crippen LogP contribution in [0.15, 0.2) is 120 Å². The van der Waals surface area contributed by atoms with E-state index >= 15 is 0 Å². The molecule has 2 aliphatic rings. The second kappa shape index (κ2) is 12.6. The molecule has 5 aromatic rings. The van der Waals surface area contributed by atoms with Crippen molar-refractivity contribution in [2.75, 3.05) is 0 Å². The van der Waals surface area contributed by atoms with E-state index in [0.29, 0.717) is 0 Å². The van der Waals surface area contributed by atoms with Gasteiger partial charge in [-0.25, -0.2) is 8.78 Å². The average molecular weight is 634 g/mol. The molecule has 1 fully saturated rings. The van der Waals surface area contributed by atoms with Crippen molar-refractivity contribution < 1.29 is 27.8 Å². The van der Waals surface area contributed by atoms with E-state index in [4.69, 9.17) is 9.47 Å². The monoisotopic (exact) mass is 633 g/mol. The lowest BCUT2D eigenvalue weighted by Crippen LogP contribution is -2.47. The first kappa shape index (κ1) is 30.1. The number of ether oxygens (including phenoxy) is 2. The summed E-state index contributed by atoms with van der Waals surface area (Å²) in [6.07, 6.45) is 0.0883. The highest BCUT2D eigenvalue weighted by Gasteiger charge is 2.50. The molecule has 0 spiro atoms. The summed E-state index contributed by atoms with van der Waals surface area (Å²) in [5.41, 5.74) is 1.47. The molecule has 0 saturated carbocycles. The number of hydrogen-bond donors (Lipinski definition) is 1. The zero-order valence-electron chi connectivity index (χ0n) is 25.0. The normalized spacial score (nSPS) is 18.4. The SMILES string of the molecule is O=C(NCc1ccc(F)cc1F)c1cn2c(c(OCc3ccccc3)c1=O)C(=O)N1C(C2)OC(c2ccccc2)C1c1ccccc1. The Hall–Kier alpha value is -5.61. The van der Waals surface area contributed by atoms with Crippen molar-refractivity contribution in [1.82, 2.24) is 14.8 Å². The van der Waals surface area contributed by atoms with Crippen molar-refractivity contribution >= 4 is 11.8 Å². The van der Waals surface area contributed by atoms with Crippen LogP contribution in [0.1, 0.15) is 55.2 Å². The number of fused-ring (bicyclic) bond motifs is 2. The summed E-state index contributed by atoms with van der Waals surface area (Å²) >= 11 is 0. The minimum Gasteiger partial charge on any atom is -0.483 e. The molecule has 1 saturated heterocycles. The third kappa shape index (κ3) is 5.79. The van der Waals surface area contributed by atoms with Gasteiger partial charge in [-0.05, 0) is 22.8 Å². The Morgan fingerprint density at radius 2 is 1.53 bits per heavy atom. The van der Waals surface area contributed by atoms with Gasteiger partial charge in [0, 0.05) is 24.4 Å². The highest BCUT2D eigenvalue weighted by atomic mass is 19.1. The summed E-state index contributed by atoms with van der Waals surface area (Å²) in [5.74, 6) is -3.13. The maximum absolute atomic E-state index is 14.5. The van der Waals surface area contributed by atoms with Gasteiger partial charge in [-0.15, -0.1) is 0 Å². The van der Waals surface area contributed by atoms with Crippen LogP contribution in [0.3, 0.4) is 0 Å². The zero-order chi connectivity index (χ0) is 32.5. The highest BCUT2D eigenvalue weighted by Crippen LogP contribution is 2.47. The van der Waals surface area contributed by atoms with Crippen molar-refractivity contribution in [3.05, 3.63) is 171 Å². The van der Waals surface area contributed by atoms with Gasteiger partial charge >= 0.3 is 0 Å². The van der Waals surface area contributed by atoms with Gasteiger partial charge in [0.2, 0.25) is 5.43 Å². The fourth-order valence-electron chi connectivity index (χ4n) is 6.17. The maximum Gasteiger partial charge on any atom is 0.277 e. The summed E-state index contributed by atoms with van der Waals surface area (Å²) in [6, 6.07) is 30.8. The lowest BCUT2D eigenvalue weighted by atomic mass is 9.94. The predicted octanol–water partition coefficient (Wildman–Crippen LogP) is 5.93. The molecule has 3 unspecified atom stereocenters. The standard InChI is InChI=1S/C37H29F2N3O5/c38-27-17-16-26(29(39)18-27)19-40-36(44)28-20-41-21-30-42(37(45)32(41)35(33(28)43)46-22-23-10-4-1-5-11-23)31(24-12-6-2-7-13-24)34(47-30)25-14-8-3-9-15-25/h1-18,20,30-31,34H,19,21-22H2,(H,40,44). The van der Waals surface area contributed by atoms with Gasteiger partial charge in [-0.3, -0.25) is 19.3 Å². The summed E-state index contributed by atoms with van der Waals surface area (Å²) < 4.78 is 41.8. The first-order chi connectivity index (χ1) is 22.9. The van der Waals surface area contributed by atoms with Gasteiger partial charge in [-0.2, -0.15) is 0 Å². The number of benzene rings is 4. The Kier molecular flexibility index (Phi) is 8.09. The van der Waals surface area contributed by atoms with Crippen molar-refractivity contribution in [2.24, 2.45) is 0 Å². The van der Waals surface area contributed by atoms with E-state index < -0.39 is 47.3 Å². The van der Waals surface area contributed by atoms with Crippen LogP contribution in [0.25, 0.3) is 0 Å². The second-order valence-electron chi connectivity index (χ2n) is 11.4. The number of carbonyl (C=O) groups excluding carboxylic acids is 2.